The summed E-state index contributed by atoms with van der Waals surface area (Å²) in [6.45, 7) is 5.38. The average Bonchev–Trinajstić information content (AvgIpc) is 2.12. The molecule has 1 amide bonds. The quantitative estimate of drug-likeness (QED) is 0.773. The third-order valence-corrected chi connectivity index (χ3v) is 2.89. The molecule has 16 heavy (non-hydrogen) atoms. The first-order chi connectivity index (χ1) is 7.21. The maximum absolute atomic E-state index is 13.1. The molecule has 0 heterocycles. The van der Waals surface area contributed by atoms with E-state index in [1.807, 2.05) is 0 Å². The maximum atomic E-state index is 13.1. The molecule has 0 aliphatic heterocycles. The Balaban J connectivity index is 2.99. The van der Waals surface area contributed by atoms with Crippen LogP contribution in [0.5, 0.6) is 0 Å². The minimum Gasteiger partial charge on any atom is -0.325 e. The zero-order chi connectivity index (χ0) is 12.5. The Morgan fingerprint density at radius 1 is 1.44 bits per heavy atom. The molecule has 0 saturated heterocycles. The van der Waals surface area contributed by atoms with Gasteiger partial charge in [-0.05, 0) is 28.1 Å². The van der Waals surface area contributed by atoms with Crippen LogP contribution in [-0.2, 0) is 4.79 Å². The summed E-state index contributed by atoms with van der Waals surface area (Å²) in [4.78, 5) is 11.7. The fraction of sp³-hybridized carbons (Fsp3) is 0.364. The number of carbonyl (C=O) groups is 1. The largest absolute Gasteiger partial charge is 0.325 e. The summed E-state index contributed by atoms with van der Waals surface area (Å²) in [5, 5.41) is 2.66. The van der Waals surface area contributed by atoms with Gasteiger partial charge in [0.2, 0.25) is 5.91 Å². The number of nitrogens with one attached hydrogen (secondary N) is 1. The Morgan fingerprint density at radius 3 is 2.50 bits per heavy atom. The molecule has 0 aliphatic rings. The summed E-state index contributed by atoms with van der Waals surface area (Å²) in [5.41, 5.74) is -0.0494. The van der Waals surface area contributed by atoms with Gasteiger partial charge in [0, 0.05) is 9.89 Å². The second-order valence-electron chi connectivity index (χ2n) is 4.45. The summed E-state index contributed by atoms with van der Waals surface area (Å²) < 4.78 is 13.5. The van der Waals surface area contributed by atoms with Crippen molar-refractivity contribution in [1.82, 2.24) is 0 Å². The molecule has 0 spiro atoms. The number of hydrogen-bond acceptors (Lipinski definition) is 1. The van der Waals surface area contributed by atoms with Crippen molar-refractivity contribution in [2.45, 2.75) is 20.8 Å². The highest BCUT2D eigenvalue weighted by atomic mass is 79.9. The van der Waals surface area contributed by atoms with Gasteiger partial charge in [-0.2, -0.15) is 0 Å². The first-order valence-electron chi connectivity index (χ1n) is 4.68. The van der Waals surface area contributed by atoms with E-state index in [4.69, 9.17) is 11.6 Å². The van der Waals surface area contributed by atoms with Crippen LogP contribution in [0.15, 0.2) is 16.6 Å². The van der Waals surface area contributed by atoms with E-state index in [0.29, 0.717) is 10.2 Å². The van der Waals surface area contributed by atoms with Gasteiger partial charge in [-0.25, -0.2) is 4.39 Å². The van der Waals surface area contributed by atoms with Crippen molar-refractivity contribution in [3.63, 3.8) is 0 Å². The molecule has 88 valence electrons. The molecule has 1 aromatic rings. The van der Waals surface area contributed by atoms with Gasteiger partial charge < -0.3 is 5.32 Å². The van der Waals surface area contributed by atoms with Crippen molar-refractivity contribution in [2.24, 2.45) is 5.41 Å². The fourth-order valence-electron chi connectivity index (χ4n) is 0.928. The van der Waals surface area contributed by atoms with Crippen molar-refractivity contribution in [3.8, 4) is 0 Å². The Morgan fingerprint density at radius 2 is 2.00 bits per heavy atom. The molecule has 1 rings (SSSR count). The van der Waals surface area contributed by atoms with Crippen molar-refractivity contribution >= 4 is 39.1 Å². The van der Waals surface area contributed by atoms with Crippen LogP contribution in [0.3, 0.4) is 0 Å². The van der Waals surface area contributed by atoms with E-state index in [1.54, 1.807) is 20.8 Å². The summed E-state index contributed by atoms with van der Waals surface area (Å²) in [6.07, 6.45) is 0. The number of hydrogen-bond donors (Lipinski definition) is 1. The van der Waals surface area contributed by atoms with Crippen molar-refractivity contribution in [1.29, 1.82) is 0 Å². The maximum Gasteiger partial charge on any atom is 0.229 e. The summed E-state index contributed by atoms with van der Waals surface area (Å²) >= 11 is 8.80. The van der Waals surface area contributed by atoms with Crippen molar-refractivity contribution in [2.75, 3.05) is 5.32 Å². The highest BCUT2D eigenvalue weighted by molar-refractivity contribution is 9.10. The molecule has 0 atom stereocenters. The van der Waals surface area contributed by atoms with E-state index in [9.17, 15) is 9.18 Å². The highest BCUT2D eigenvalue weighted by Crippen LogP contribution is 2.29. The van der Waals surface area contributed by atoms with Gasteiger partial charge in [-0.1, -0.05) is 32.4 Å². The lowest BCUT2D eigenvalue weighted by atomic mass is 9.95. The van der Waals surface area contributed by atoms with Crippen LogP contribution in [0.2, 0.25) is 5.02 Å². The topological polar surface area (TPSA) is 29.1 Å². The van der Waals surface area contributed by atoms with Gasteiger partial charge in [-0.3, -0.25) is 4.79 Å². The molecule has 0 radical (unpaired) electrons. The van der Waals surface area contributed by atoms with E-state index < -0.39 is 11.2 Å². The number of benzene rings is 1. The first kappa shape index (κ1) is 13.5. The van der Waals surface area contributed by atoms with Crippen LogP contribution in [0.25, 0.3) is 0 Å². The predicted octanol–water partition coefficient (Wildman–Crippen LogP) is 4.23. The molecule has 5 heteroatoms. The monoisotopic (exact) mass is 307 g/mol. The van der Waals surface area contributed by atoms with E-state index >= 15 is 0 Å². The third-order valence-electron chi connectivity index (χ3n) is 1.94. The standard InChI is InChI=1S/C11H12BrClFNO/c1-11(2,3)10(16)15-9-5-7(13)8(14)4-6(9)12/h4-5H,1-3H3,(H,15,16). The molecular formula is C11H12BrClFNO. The third kappa shape index (κ3) is 3.19. The molecule has 0 unspecified atom stereocenters. The van der Waals surface area contributed by atoms with Crippen LogP contribution in [0.1, 0.15) is 20.8 Å². The Bertz CT molecular complexity index is 429. The van der Waals surface area contributed by atoms with Gasteiger partial charge >= 0.3 is 0 Å². The summed E-state index contributed by atoms with van der Waals surface area (Å²) in [5.74, 6) is -0.682. The van der Waals surface area contributed by atoms with Gasteiger partial charge in [-0.15, -0.1) is 0 Å². The number of rotatable bonds is 1. The van der Waals surface area contributed by atoms with Crippen LogP contribution in [-0.4, -0.2) is 5.91 Å². The Hall–Kier alpha value is -0.610. The fourth-order valence-corrected chi connectivity index (χ4v) is 1.51. The molecule has 2 nitrogen and oxygen atoms in total. The van der Waals surface area contributed by atoms with Gasteiger partial charge in [0.05, 0.1) is 10.7 Å². The van der Waals surface area contributed by atoms with E-state index in [-0.39, 0.29) is 10.9 Å². The van der Waals surface area contributed by atoms with Crippen molar-refractivity contribution < 1.29 is 9.18 Å². The van der Waals surface area contributed by atoms with Gasteiger partial charge in [0.1, 0.15) is 5.82 Å². The summed E-state index contributed by atoms with van der Waals surface area (Å²) in [6, 6.07) is 2.60. The van der Waals surface area contributed by atoms with E-state index in [1.165, 1.54) is 12.1 Å². The zero-order valence-corrected chi connectivity index (χ0v) is 11.5. The molecule has 0 aliphatic carbocycles. The lowest BCUT2D eigenvalue weighted by Gasteiger charge is -2.18. The summed E-state index contributed by atoms with van der Waals surface area (Å²) in [7, 11) is 0. The second-order valence-corrected chi connectivity index (χ2v) is 5.71. The second kappa shape index (κ2) is 4.72. The Labute approximate surface area is 107 Å². The minimum absolute atomic E-state index is 0.0209. The number of anilines is 1. The lowest BCUT2D eigenvalue weighted by molar-refractivity contribution is -0.123. The SMILES string of the molecule is CC(C)(C)C(=O)Nc1cc(Cl)c(F)cc1Br. The predicted molar refractivity (Wildman–Crippen MR) is 67.2 cm³/mol. The van der Waals surface area contributed by atoms with Crippen molar-refractivity contribution in [3.05, 3.63) is 27.4 Å². The molecule has 0 saturated carbocycles. The number of halogens is 3. The molecule has 1 N–H and O–H groups in total. The van der Waals surface area contributed by atoms with E-state index in [0.717, 1.165) is 0 Å². The van der Waals surface area contributed by atoms with Crippen LogP contribution in [0.4, 0.5) is 10.1 Å². The van der Waals surface area contributed by atoms with Gasteiger partial charge in [0.25, 0.3) is 0 Å². The molecule has 0 bridgehead atoms. The lowest BCUT2D eigenvalue weighted by Crippen LogP contribution is -2.27. The van der Waals surface area contributed by atoms with E-state index in [2.05, 4.69) is 21.2 Å². The normalized spacial score (nSPS) is 11.4. The average molecular weight is 309 g/mol. The van der Waals surface area contributed by atoms with Gasteiger partial charge in [0.15, 0.2) is 0 Å². The van der Waals surface area contributed by atoms with Crippen LogP contribution >= 0.6 is 27.5 Å². The smallest absolute Gasteiger partial charge is 0.229 e. The molecule has 0 aromatic heterocycles. The van der Waals surface area contributed by atoms with Crippen LogP contribution in [0, 0.1) is 11.2 Å². The highest BCUT2D eigenvalue weighted by Gasteiger charge is 2.22. The zero-order valence-electron chi connectivity index (χ0n) is 9.20. The molecule has 1 aromatic carbocycles. The number of amides is 1. The van der Waals surface area contributed by atoms with Crippen LogP contribution < -0.4 is 5.32 Å². The molecular weight excluding hydrogens is 296 g/mol. The minimum atomic E-state index is -0.526. The number of carbonyl (C=O) groups excluding carboxylic acids is 1. The molecule has 0 fully saturated rings. The first-order valence-corrected chi connectivity index (χ1v) is 5.85. The Kier molecular flexibility index (Phi) is 3.97.